The number of rotatable bonds is 13. The van der Waals surface area contributed by atoms with Crippen molar-refractivity contribution in [3.05, 3.63) is 102 Å². The van der Waals surface area contributed by atoms with Gasteiger partial charge in [0.1, 0.15) is 24.8 Å². The second kappa shape index (κ2) is 17.2. The van der Waals surface area contributed by atoms with Crippen LogP contribution in [0.1, 0.15) is 29.5 Å². The van der Waals surface area contributed by atoms with Gasteiger partial charge in [-0.25, -0.2) is 14.2 Å². The van der Waals surface area contributed by atoms with E-state index in [0.29, 0.717) is 11.1 Å². The summed E-state index contributed by atoms with van der Waals surface area (Å²) in [4.78, 5) is 70.3. The van der Waals surface area contributed by atoms with Gasteiger partial charge in [-0.3, -0.25) is 29.6 Å². The Morgan fingerprint density at radius 2 is 1.62 bits per heavy atom. The van der Waals surface area contributed by atoms with Crippen molar-refractivity contribution < 1.29 is 33.5 Å². The number of terminal acetylenes is 1. The maximum absolute atomic E-state index is 14.8. The molecule has 4 rings (SSSR count). The molecule has 1 saturated heterocycles. The van der Waals surface area contributed by atoms with E-state index < -0.39 is 60.6 Å². The second-order valence-corrected chi connectivity index (χ2v) is 11.4. The van der Waals surface area contributed by atoms with Gasteiger partial charge in [-0.1, -0.05) is 72.7 Å². The molecule has 2 aromatic carbocycles. The monoisotopic (exact) mass is 656 g/mol. The topological polar surface area (TPSA) is 161 Å². The minimum absolute atomic E-state index is 0.0188. The average Bonchev–Trinajstić information content (AvgIpc) is 3.46. The molecule has 0 radical (unpaired) electrons. The minimum atomic E-state index is -1.56. The molecule has 0 saturated carbocycles. The zero-order valence-electron chi connectivity index (χ0n) is 26.1. The lowest BCUT2D eigenvalue weighted by Gasteiger charge is -2.31. The number of nitrogens with one attached hydrogen (secondary N) is 3. The van der Waals surface area contributed by atoms with Gasteiger partial charge in [-0.05, 0) is 29.2 Å². The normalized spacial score (nSPS) is 16.5. The van der Waals surface area contributed by atoms with Gasteiger partial charge in [0.15, 0.2) is 0 Å². The molecule has 1 aromatic heterocycles. The summed E-state index contributed by atoms with van der Waals surface area (Å²) in [6.45, 7) is -0.788. The molecule has 4 N–H and O–H groups in total. The number of hydrogen-bond donors (Lipinski definition) is 4. The Labute approximate surface area is 277 Å². The van der Waals surface area contributed by atoms with Crippen LogP contribution in [0.2, 0.25) is 0 Å². The number of pyridine rings is 1. The van der Waals surface area contributed by atoms with Crippen LogP contribution in [0.25, 0.3) is 0 Å². The number of aromatic nitrogens is 1. The highest BCUT2D eigenvalue weighted by atomic mass is 19.1. The van der Waals surface area contributed by atoms with Gasteiger partial charge in [0.2, 0.25) is 17.7 Å². The van der Waals surface area contributed by atoms with Gasteiger partial charge in [0.05, 0.1) is 19.4 Å². The third kappa shape index (κ3) is 10.4. The van der Waals surface area contributed by atoms with E-state index in [1.54, 1.807) is 60.8 Å². The van der Waals surface area contributed by atoms with Gasteiger partial charge in [-0.15, -0.1) is 6.42 Å². The number of nitrogens with zero attached hydrogens (tertiary/aromatic N) is 3. The van der Waals surface area contributed by atoms with Gasteiger partial charge < -0.3 is 20.6 Å². The zero-order valence-corrected chi connectivity index (χ0v) is 26.1. The fraction of sp³-hybridized carbons (Fsp3) is 0.314. The number of hydrogen-bond acceptors (Lipinski definition) is 6. The molecule has 2 heterocycles. The van der Waals surface area contributed by atoms with Crippen molar-refractivity contribution in [1.29, 1.82) is 0 Å². The molecule has 13 heteroatoms. The first-order valence-corrected chi connectivity index (χ1v) is 15.4. The number of alkyl halides is 1. The Hall–Kier alpha value is -5.77. The fourth-order valence-electron chi connectivity index (χ4n) is 5.43. The van der Waals surface area contributed by atoms with Crippen molar-refractivity contribution in [3.8, 4) is 12.3 Å². The second-order valence-electron chi connectivity index (χ2n) is 11.4. The number of aliphatic carboxylic acids is 1. The summed E-state index contributed by atoms with van der Waals surface area (Å²) in [6.07, 6.45) is 6.39. The molecule has 1 aliphatic rings. The molecule has 0 aliphatic carbocycles. The molecule has 12 nitrogen and oxygen atoms in total. The van der Waals surface area contributed by atoms with Crippen LogP contribution in [0.15, 0.2) is 85.2 Å². The molecule has 48 heavy (non-hydrogen) atoms. The number of carbonyl (C=O) groups excluding carboxylic acids is 4. The molecular formula is C35H37FN6O6. The van der Waals surface area contributed by atoms with Crippen molar-refractivity contribution in [3.63, 3.8) is 0 Å². The number of halogens is 1. The van der Waals surface area contributed by atoms with Crippen molar-refractivity contribution >= 4 is 29.7 Å². The molecule has 0 spiro atoms. The van der Waals surface area contributed by atoms with Gasteiger partial charge >= 0.3 is 12.0 Å². The van der Waals surface area contributed by atoms with Gasteiger partial charge in [0.25, 0.3) is 0 Å². The quantitative estimate of drug-likeness (QED) is 0.162. The smallest absolute Gasteiger partial charge is 0.340 e. The molecular weight excluding hydrogens is 619 g/mol. The van der Waals surface area contributed by atoms with E-state index in [-0.39, 0.29) is 38.6 Å². The van der Waals surface area contributed by atoms with E-state index in [1.165, 1.54) is 6.20 Å². The fourth-order valence-corrected chi connectivity index (χ4v) is 5.43. The Bertz CT molecular complexity index is 1600. The molecule has 250 valence electrons. The van der Waals surface area contributed by atoms with Gasteiger partial charge in [0, 0.05) is 31.3 Å². The lowest BCUT2D eigenvalue weighted by Crippen LogP contribution is -2.58. The molecule has 1 aliphatic heterocycles. The molecule has 3 aromatic rings. The number of carboxylic acid groups (broad SMARTS) is 1. The van der Waals surface area contributed by atoms with Crippen LogP contribution in [0.5, 0.6) is 0 Å². The molecule has 1 fully saturated rings. The predicted octanol–water partition coefficient (Wildman–Crippen LogP) is 2.05. The third-order valence-electron chi connectivity index (χ3n) is 7.63. The van der Waals surface area contributed by atoms with E-state index in [4.69, 9.17) is 6.42 Å². The summed E-state index contributed by atoms with van der Waals surface area (Å²) in [7, 11) is 0. The summed E-state index contributed by atoms with van der Waals surface area (Å²) in [5, 5.41) is 15.8. The summed E-state index contributed by atoms with van der Waals surface area (Å²) < 4.78 is 14.8. The van der Waals surface area contributed by atoms with E-state index in [9.17, 15) is 33.5 Å². The van der Waals surface area contributed by atoms with Crippen LogP contribution in [-0.2, 0) is 38.4 Å². The first kappa shape index (κ1) is 35.1. The Kier molecular flexibility index (Phi) is 12.6. The van der Waals surface area contributed by atoms with Crippen LogP contribution in [0.3, 0.4) is 0 Å². The minimum Gasteiger partial charge on any atom is -0.481 e. The Balaban J connectivity index is 1.50. The predicted molar refractivity (Wildman–Crippen MR) is 173 cm³/mol. The standard InChI is InChI=1S/C35H37FN6O6/c1-2-16-42(40-31(43)19-25-12-7-4-8-13-25)35(48)41-23-27(36)20-30(41)34(47)39-29(18-26-14-9-15-37-22-26)33(46)38-28(21-32(44)45)17-24-10-5-3-6-11-24/h1,3-15,22,27-30H,16-21,23H2,(H,38,46)(H,39,47)(H,40,43)(H,44,45)/t27-,28+,29+,30+/m1/s1. The van der Waals surface area contributed by atoms with Crippen LogP contribution in [0, 0.1) is 12.3 Å². The van der Waals surface area contributed by atoms with Crippen LogP contribution >= 0.6 is 0 Å². The first-order chi connectivity index (χ1) is 23.1. The number of carbonyl (C=O) groups is 5. The maximum Gasteiger partial charge on any atom is 0.340 e. The largest absolute Gasteiger partial charge is 0.481 e. The van der Waals surface area contributed by atoms with E-state index in [2.05, 4.69) is 27.0 Å². The van der Waals surface area contributed by atoms with Crippen molar-refractivity contribution in [2.75, 3.05) is 13.1 Å². The molecule has 0 unspecified atom stereocenters. The van der Waals surface area contributed by atoms with Crippen molar-refractivity contribution in [1.82, 2.24) is 31.0 Å². The summed E-state index contributed by atoms with van der Waals surface area (Å²) >= 11 is 0. The number of benzene rings is 2. The highest BCUT2D eigenvalue weighted by Crippen LogP contribution is 2.22. The molecule has 0 bridgehead atoms. The highest BCUT2D eigenvalue weighted by molar-refractivity contribution is 5.93. The van der Waals surface area contributed by atoms with Crippen LogP contribution < -0.4 is 16.1 Å². The Morgan fingerprint density at radius 1 is 0.958 bits per heavy atom. The maximum atomic E-state index is 14.8. The van der Waals surface area contributed by atoms with E-state index >= 15 is 0 Å². The SMILES string of the molecule is C#CCN(NC(=O)Cc1ccccc1)C(=O)N1C[C@H](F)C[C@H]1C(=O)N[C@@H](Cc1cccnc1)C(=O)N[C@H](CC(=O)O)Cc1ccccc1. The summed E-state index contributed by atoms with van der Waals surface area (Å²) in [5.41, 5.74) is 4.55. The number of urea groups is 1. The van der Waals surface area contributed by atoms with E-state index in [1.807, 2.05) is 18.2 Å². The summed E-state index contributed by atoms with van der Waals surface area (Å²) in [6, 6.07) is 17.0. The zero-order chi connectivity index (χ0) is 34.5. The van der Waals surface area contributed by atoms with Crippen molar-refractivity contribution in [2.24, 2.45) is 0 Å². The first-order valence-electron chi connectivity index (χ1n) is 15.4. The lowest BCUT2D eigenvalue weighted by molar-refractivity contribution is -0.138. The molecule has 5 amide bonds. The van der Waals surface area contributed by atoms with Gasteiger partial charge in [-0.2, -0.15) is 0 Å². The highest BCUT2D eigenvalue weighted by Gasteiger charge is 2.43. The number of hydrazine groups is 1. The van der Waals surface area contributed by atoms with E-state index in [0.717, 1.165) is 15.5 Å². The van der Waals surface area contributed by atoms with Crippen LogP contribution in [0.4, 0.5) is 9.18 Å². The number of carboxylic acids is 1. The number of amides is 5. The van der Waals surface area contributed by atoms with Crippen LogP contribution in [-0.4, -0.2) is 87.1 Å². The Morgan fingerprint density at radius 3 is 2.25 bits per heavy atom. The third-order valence-corrected chi connectivity index (χ3v) is 7.63. The average molecular weight is 657 g/mol. The summed E-state index contributed by atoms with van der Waals surface area (Å²) in [5.74, 6) is -0.838. The van der Waals surface area contributed by atoms with Crippen molar-refractivity contribution in [2.45, 2.75) is 56.4 Å². The molecule has 4 atom stereocenters. The number of likely N-dealkylation sites (tertiary alicyclic amines) is 1. The lowest BCUT2D eigenvalue weighted by atomic mass is 10.0.